The fraction of sp³-hybridized carbons (Fsp3) is 0.526. The quantitative estimate of drug-likeness (QED) is 0.668. The van der Waals surface area contributed by atoms with Gasteiger partial charge in [0.2, 0.25) is 0 Å². The molecule has 1 aromatic carbocycles. The van der Waals surface area contributed by atoms with Crippen molar-refractivity contribution in [1.82, 2.24) is 15.5 Å². The fourth-order valence-corrected chi connectivity index (χ4v) is 3.14. The van der Waals surface area contributed by atoms with Crippen molar-refractivity contribution in [2.75, 3.05) is 25.0 Å². The minimum absolute atomic E-state index is 0.0255. The van der Waals surface area contributed by atoms with Gasteiger partial charge in [0, 0.05) is 18.6 Å². The number of nitrogens with one attached hydrogen (secondary N) is 3. The van der Waals surface area contributed by atoms with Gasteiger partial charge in [0.15, 0.2) is 0 Å². The van der Waals surface area contributed by atoms with Crippen LogP contribution < -0.4 is 16.0 Å². The number of carbonyl (C=O) groups excluding carboxylic acids is 3. The van der Waals surface area contributed by atoms with Crippen LogP contribution in [-0.2, 0) is 9.59 Å². The number of nitrogens with zero attached hydrogens (tertiary/aromatic N) is 1. The molecule has 26 heavy (non-hydrogen) atoms. The molecule has 2 rings (SSSR count). The van der Waals surface area contributed by atoms with Crippen LogP contribution in [0.2, 0.25) is 0 Å². The van der Waals surface area contributed by atoms with E-state index in [0.29, 0.717) is 17.8 Å². The predicted molar refractivity (Wildman–Crippen MR) is 101 cm³/mol. The van der Waals surface area contributed by atoms with Gasteiger partial charge in [-0.15, -0.1) is 0 Å². The number of carbonyl (C=O) groups is 3. The molecular weight excluding hydrogens is 332 g/mol. The molecule has 0 spiro atoms. The van der Waals surface area contributed by atoms with E-state index >= 15 is 0 Å². The fourth-order valence-electron chi connectivity index (χ4n) is 3.14. The first-order valence-electron chi connectivity index (χ1n) is 9.15. The molecule has 1 aliphatic rings. The van der Waals surface area contributed by atoms with E-state index in [2.05, 4.69) is 27.8 Å². The van der Waals surface area contributed by atoms with E-state index in [4.69, 9.17) is 0 Å². The first kappa shape index (κ1) is 19.9. The average Bonchev–Trinajstić information content (AvgIpc) is 3.07. The van der Waals surface area contributed by atoms with E-state index in [1.807, 2.05) is 13.8 Å². The third-order valence-corrected chi connectivity index (χ3v) is 4.45. The maximum Gasteiger partial charge on any atom is 0.313 e. The van der Waals surface area contributed by atoms with Crippen molar-refractivity contribution >= 4 is 23.4 Å². The van der Waals surface area contributed by atoms with Gasteiger partial charge in [-0.3, -0.25) is 19.3 Å². The average molecular weight is 360 g/mol. The lowest BCUT2D eigenvalue weighted by molar-refractivity contribution is -0.136. The summed E-state index contributed by atoms with van der Waals surface area (Å²) >= 11 is 0. The number of rotatable bonds is 6. The summed E-state index contributed by atoms with van der Waals surface area (Å²) in [7, 11) is 0. The normalized spacial score (nSPS) is 17.2. The van der Waals surface area contributed by atoms with Gasteiger partial charge >= 0.3 is 11.8 Å². The highest BCUT2D eigenvalue weighted by Gasteiger charge is 2.25. The lowest BCUT2D eigenvalue weighted by Gasteiger charge is -2.22. The second kappa shape index (κ2) is 9.33. The molecule has 0 radical (unpaired) electrons. The van der Waals surface area contributed by atoms with Crippen molar-refractivity contribution in [2.45, 2.75) is 45.7 Å². The Morgan fingerprint density at radius 1 is 1.19 bits per heavy atom. The number of likely N-dealkylation sites (tertiary alicyclic amines) is 1. The standard InChI is InChI=1S/C19H28N4O3/c1-4-23-11-7-8-14(23)12-20-18(25)19(26)22-16-10-6-5-9-15(16)17(24)21-13(2)3/h5-6,9-10,13-14H,4,7-8,11-12H2,1-3H3,(H,20,25)(H,21,24)(H,22,26)/t14-/m0/s1. The number of hydrogen-bond donors (Lipinski definition) is 3. The number of hydrogen-bond acceptors (Lipinski definition) is 4. The summed E-state index contributed by atoms with van der Waals surface area (Å²) in [5.41, 5.74) is 0.650. The lowest BCUT2D eigenvalue weighted by Crippen LogP contribution is -2.43. The van der Waals surface area contributed by atoms with Gasteiger partial charge in [0.05, 0.1) is 11.3 Å². The second-order valence-corrected chi connectivity index (χ2v) is 6.76. The largest absolute Gasteiger partial charge is 0.350 e. The van der Waals surface area contributed by atoms with Crippen molar-refractivity contribution < 1.29 is 14.4 Å². The zero-order chi connectivity index (χ0) is 19.1. The molecule has 1 aliphatic heterocycles. The molecule has 0 bridgehead atoms. The molecule has 1 saturated heterocycles. The maximum atomic E-state index is 12.2. The molecule has 0 aromatic heterocycles. The van der Waals surface area contributed by atoms with Crippen molar-refractivity contribution in [2.24, 2.45) is 0 Å². The number of anilines is 1. The van der Waals surface area contributed by atoms with Crippen molar-refractivity contribution in [3.63, 3.8) is 0 Å². The SMILES string of the molecule is CCN1CCC[C@H]1CNC(=O)C(=O)Nc1ccccc1C(=O)NC(C)C. The minimum Gasteiger partial charge on any atom is -0.350 e. The minimum atomic E-state index is -0.768. The maximum absolute atomic E-state index is 12.2. The Morgan fingerprint density at radius 2 is 1.92 bits per heavy atom. The van der Waals surface area contributed by atoms with E-state index in [-0.39, 0.29) is 18.0 Å². The molecule has 0 unspecified atom stereocenters. The molecule has 0 aliphatic carbocycles. The van der Waals surface area contributed by atoms with Gasteiger partial charge in [0.1, 0.15) is 0 Å². The van der Waals surface area contributed by atoms with Gasteiger partial charge in [-0.25, -0.2) is 0 Å². The van der Waals surface area contributed by atoms with Crippen LogP contribution in [0.25, 0.3) is 0 Å². The monoisotopic (exact) mass is 360 g/mol. The third kappa shape index (κ3) is 5.29. The summed E-state index contributed by atoms with van der Waals surface area (Å²) in [4.78, 5) is 38.8. The molecule has 7 heteroatoms. The molecule has 1 atom stereocenters. The highest BCUT2D eigenvalue weighted by atomic mass is 16.2. The van der Waals surface area contributed by atoms with Crippen LogP contribution in [0.15, 0.2) is 24.3 Å². The smallest absolute Gasteiger partial charge is 0.313 e. The van der Waals surface area contributed by atoms with Crippen LogP contribution in [0.5, 0.6) is 0 Å². The summed E-state index contributed by atoms with van der Waals surface area (Å²) in [5.74, 6) is -1.75. The zero-order valence-electron chi connectivity index (χ0n) is 15.7. The van der Waals surface area contributed by atoms with E-state index in [9.17, 15) is 14.4 Å². The second-order valence-electron chi connectivity index (χ2n) is 6.76. The van der Waals surface area contributed by atoms with Gasteiger partial charge in [0.25, 0.3) is 5.91 Å². The molecular formula is C19H28N4O3. The first-order chi connectivity index (χ1) is 12.4. The van der Waals surface area contributed by atoms with Crippen LogP contribution in [0.4, 0.5) is 5.69 Å². The number of likely N-dealkylation sites (N-methyl/N-ethyl adjacent to an activating group) is 1. The zero-order valence-corrected chi connectivity index (χ0v) is 15.7. The van der Waals surface area contributed by atoms with Crippen molar-refractivity contribution in [3.8, 4) is 0 Å². The van der Waals surface area contributed by atoms with Gasteiger partial charge in [-0.05, 0) is 51.9 Å². The Kier molecular flexibility index (Phi) is 7.15. The highest BCUT2D eigenvalue weighted by Crippen LogP contribution is 2.16. The molecule has 142 valence electrons. The van der Waals surface area contributed by atoms with Gasteiger partial charge in [-0.1, -0.05) is 19.1 Å². The Hall–Kier alpha value is -2.41. The lowest BCUT2D eigenvalue weighted by atomic mass is 10.1. The highest BCUT2D eigenvalue weighted by molar-refractivity contribution is 6.40. The molecule has 0 saturated carbocycles. The predicted octanol–water partition coefficient (Wildman–Crippen LogP) is 1.36. The summed E-state index contributed by atoms with van der Waals surface area (Å²) in [6.07, 6.45) is 2.13. The Labute approximate surface area is 154 Å². The molecule has 1 aromatic rings. The van der Waals surface area contributed by atoms with E-state index < -0.39 is 11.8 Å². The van der Waals surface area contributed by atoms with Crippen LogP contribution in [0, 0.1) is 0 Å². The number of amides is 3. The third-order valence-electron chi connectivity index (χ3n) is 4.45. The van der Waals surface area contributed by atoms with Gasteiger partial charge < -0.3 is 16.0 Å². The summed E-state index contributed by atoms with van der Waals surface area (Å²) < 4.78 is 0. The Balaban J connectivity index is 1.94. The number of benzene rings is 1. The van der Waals surface area contributed by atoms with Crippen LogP contribution in [-0.4, -0.2) is 54.3 Å². The molecule has 1 fully saturated rings. The van der Waals surface area contributed by atoms with Crippen molar-refractivity contribution in [3.05, 3.63) is 29.8 Å². The van der Waals surface area contributed by atoms with Crippen molar-refractivity contribution in [1.29, 1.82) is 0 Å². The summed E-state index contributed by atoms with van der Waals surface area (Å²) in [6.45, 7) is 8.22. The van der Waals surface area contributed by atoms with Crippen LogP contribution in [0.1, 0.15) is 44.0 Å². The molecule has 7 nitrogen and oxygen atoms in total. The Bertz CT molecular complexity index is 660. The Morgan fingerprint density at radius 3 is 2.62 bits per heavy atom. The van der Waals surface area contributed by atoms with Crippen LogP contribution >= 0.6 is 0 Å². The summed E-state index contributed by atoms with van der Waals surface area (Å²) in [5, 5.41) is 8.02. The molecule has 3 amide bonds. The van der Waals surface area contributed by atoms with E-state index in [1.54, 1.807) is 24.3 Å². The molecule has 1 heterocycles. The van der Waals surface area contributed by atoms with Crippen LogP contribution in [0.3, 0.4) is 0 Å². The van der Waals surface area contributed by atoms with E-state index in [1.165, 1.54) is 0 Å². The summed E-state index contributed by atoms with van der Waals surface area (Å²) in [6, 6.07) is 6.89. The first-order valence-corrected chi connectivity index (χ1v) is 9.15. The number of para-hydroxylation sites is 1. The van der Waals surface area contributed by atoms with E-state index in [0.717, 1.165) is 25.9 Å². The molecule has 3 N–H and O–H groups in total. The van der Waals surface area contributed by atoms with Gasteiger partial charge in [-0.2, -0.15) is 0 Å². The topological polar surface area (TPSA) is 90.5 Å².